The third kappa shape index (κ3) is 3.80. The molecule has 126 valence electrons. The lowest BCUT2D eigenvalue weighted by Crippen LogP contribution is -2.27. The van der Waals surface area contributed by atoms with Gasteiger partial charge in [-0.1, -0.05) is 7.43 Å². The number of hydrogen-bond acceptors (Lipinski definition) is 7. The van der Waals surface area contributed by atoms with Crippen LogP contribution in [0.4, 0.5) is 4.79 Å². The zero-order valence-corrected chi connectivity index (χ0v) is 12.0. The van der Waals surface area contributed by atoms with Crippen molar-refractivity contribution in [2.45, 2.75) is 26.2 Å². The van der Waals surface area contributed by atoms with Crippen LogP contribution in [0.5, 0.6) is 5.75 Å². The first-order chi connectivity index (χ1) is 10.7. The zero-order chi connectivity index (χ0) is 15.5. The Labute approximate surface area is 134 Å². The molecule has 0 saturated carbocycles. The summed E-state index contributed by atoms with van der Waals surface area (Å²) < 4.78 is 25.7. The Morgan fingerprint density at radius 3 is 2.61 bits per heavy atom. The van der Waals surface area contributed by atoms with E-state index in [9.17, 15) is 9.59 Å². The number of methoxy groups -OCH3 is 1. The largest absolute Gasteiger partial charge is 0.514 e. The summed E-state index contributed by atoms with van der Waals surface area (Å²) in [5.74, 6) is -0.102. The van der Waals surface area contributed by atoms with Crippen LogP contribution in [0.2, 0.25) is 0 Å². The lowest BCUT2D eigenvalue weighted by molar-refractivity contribution is -0.0907. The Morgan fingerprint density at radius 1 is 1.17 bits per heavy atom. The molecule has 0 N–H and O–H groups in total. The van der Waals surface area contributed by atoms with Crippen molar-refractivity contribution in [2.24, 2.45) is 5.92 Å². The Kier molecular flexibility index (Phi) is 5.57. The number of ether oxygens (including phenoxy) is 5. The molecule has 0 radical (unpaired) electrons. The van der Waals surface area contributed by atoms with Gasteiger partial charge in [0.05, 0.1) is 31.8 Å². The van der Waals surface area contributed by atoms with Crippen molar-refractivity contribution in [1.29, 1.82) is 0 Å². The van der Waals surface area contributed by atoms with Gasteiger partial charge >= 0.3 is 12.1 Å². The van der Waals surface area contributed by atoms with Crippen LogP contribution < -0.4 is 4.74 Å². The van der Waals surface area contributed by atoms with Crippen LogP contribution in [0.25, 0.3) is 0 Å². The number of benzene rings is 1. The van der Waals surface area contributed by atoms with Crippen molar-refractivity contribution in [3.05, 3.63) is 29.8 Å². The van der Waals surface area contributed by atoms with E-state index in [-0.39, 0.29) is 31.5 Å². The van der Waals surface area contributed by atoms with Crippen molar-refractivity contribution in [2.75, 3.05) is 20.3 Å². The molecule has 0 unspecified atom stereocenters. The summed E-state index contributed by atoms with van der Waals surface area (Å²) in [5, 5.41) is 0. The number of carbonyl (C=O) groups is 2. The standard InChI is InChI=1S/C15H16O7.CH4/c1-18-13(16)9-2-4-10(5-3-9)21-15(17)22-12-8-20-14-11(12)6-7-19-14;/h2-5,11-12,14H,6-8H2,1H3;1H4/t11-,12-,14+;/m0./s1. The summed E-state index contributed by atoms with van der Waals surface area (Å²) in [6.45, 7) is 0.922. The molecular formula is C16H20O7. The van der Waals surface area contributed by atoms with E-state index in [0.717, 1.165) is 6.42 Å². The minimum absolute atomic E-state index is 0. The van der Waals surface area contributed by atoms with Crippen LogP contribution in [-0.2, 0) is 18.9 Å². The first kappa shape index (κ1) is 17.2. The molecule has 0 bridgehead atoms. The summed E-state index contributed by atoms with van der Waals surface area (Å²) in [5.41, 5.74) is 0.373. The molecule has 0 aliphatic carbocycles. The van der Waals surface area contributed by atoms with Gasteiger partial charge in [0.25, 0.3) is 0 Å². The van der Waals surface area contributed by atoms with Crippen LogP contribution >= 0.6 is 0 Å². The fourth-order valence-corrected chi connectivity index (χ4v) is 2.57. The van der Waals surface area contributed by atoms with Gasteiger partial charge in [0.15, 0.2) is 6.29 Å². The molecule has 7 heteroatoms. The molecule has 0 spiro atoms. The van der Waals surface area contributed by atoms with E-state index in [4.69, 9.17) is 18.9 Å². The predicted octanol–water partition coefficient (Wildman–Crippen LogP) is 2.39. The first-order valence-corrected chi connectivity index (χ1v) is 6.97. The molecule has 2 fully saturated rings. The number of esters is 1. The van der Waals surface area contributed by atoms with E-state index < -0.39 is 12.1 Å². The topological polar surface area (TPSA) is 80.3 Å². The summed E-state index contributed by atoms with van der Waals surface area (Å²) in [6.07, 6.45) is -0.630. The maximum atomic E-state index is 11.8. The fraction of sp³-hybridized carbons (Fsp3) is 0.500. The van der Waals surface area contributed by atoms with Gasteiger partial charge in [-0.05, 0) is 30.7 Å². The van der Waals surface area contributed by atoms with E-state index in [0.29, 0.717) is 18.8 Å². The molecule has 0 aromatic heterocycles. The molecule has 23 heavy (non-hydrogen) atoms. The first-order valence-electron chi connectivity index (χ1n) is 6.97. The Bertz CT molecular complexity index is 554. The molecule has 2 aliphatic rings. The lowest BCUT2D eigenvalue weighted by Gasteiger charge is -2.15. The van der Waals surface area contributed by atoms with Gasteiger partial charge in [-0.25, -0.2) is 9.59 Å². The molecule has 1 aromatic carbocycles. The fourth-order valence-electron chi connectivity index (χ4n) is 2.57. The van der Waals surface area contributed by atoms with E-state index in [1.165, 1.54) is 31.4 Å². The van der Waals surface area contributed by atoms with E-state index >= 15 is 0 Å². The Morgan fingerprint density at radius 2 is 1.91 bits per heavy atom. The zero-order valence-electron chi connectivity index (χ0n) is 12.0. The minimum Gasteiger partial charge on any atom is -0.465 e. The van der Waals surface area contributed by atoms with Crippen molar-refractivity contribution < 1.29 is 33.3 Å². The number of fused-ring (bicyclic) bond motifs is 1. The highest BCUT2D eigenvalue weighted by Crippen LogP contribution is 2.33. The average molecular weight is 324 g/mol. The van der Waals surface area contributed by atoms with Crippen LogP contribution in [0, 0.1) is 5.92 Å². The SMILES string of the molecule is C.COC(=O)c1ccc(OC(=O)O[C@H]2CO[C@H]3OCC[C@H]32)cc1. The van der Waals surface area contributed by atoms with Crippen LogP contribution in [0.1, 0.15) is 24.2 Å². The predicted molar refractivity (Wildman–Crippen MR) is 79.2 cm³/mol. The molecule has 3 atom stereocenters. The van der Waals surface area contributed by atoms with Gasteiger partial charge in [-0.15, -0.1) is 0 Å². The second-order valence-corrected chi connectivity index (χ2v) is 5.05. The van der Waals surface area contributed by atoms with E-state index in [1.807, 2.05) is 0 Å². The summed E-state index contributed by atoms with van der Waals surface area (Å²) >= 11 is 0. The molecule has 2 aliphatic heterocycles. The highest BCUT2D eigenvalue weighted by molar-refractivity contribution is 5.89. The van der Waals surface area contributed by atoms with Crippen LogP contribution in [-0.4, -0.2) is 44.8 Å². The van der Waals surface area contributed by atoms with Crippen molar-refractivity contribution in [3.63, 3.8) is 0 Å². The molecule has 3 rings (SSSR count). The van der Waals surface area contributed by atoms with E-state index in [2.05, 4.69) is 4.74 Å². The summed E-state index contributed by atoms with van der Waals surface area (Å²) in [7, 11) is 1.30. The van der Waals surface area contributed by atoms with Gasteiger partial charge in [-0.3, -0.25) is 0 Å². The van der Waals surface area contributed by atoms with Crippen LogP contribution in [0.3, 0.4) is 0 Å². The Hall–Kier alpha value is -2.12. The third-order valence-electron chi connectivity index (χ3n) is 3.71. The minimum atomic E-state index is -0.799. The number of carbonyl (C=O) groups excluding carboxylic acids is 2. The highest BCUT2D eigenvalue weighted by atomic mass is 16.8. The van der Waals surface area contributed by atoms with E-state index in [1.54, 1.807) is 0 Å². The quantitative estimate of drug-likeness (QED) is 0.624. The van der Waals surface area contributed by atoms with Crippen molar-refractivity contribution in [3.8, 4) is 5.75 Å². The summed E-state index contributed by atoms with van der Waals surface area (Å²) in [6, 6.07) is 6.02. The molecule has 0 amide bonds. The summed E-state index contributed by atoms with van der Waals surface area (Å²) in [4.78, 5) is 23.1. The van der Waals surface area contributed by atoms with Gasteiger partial charge < -0.3 is 23.7 Å². The molecular weight excluding hydrogens is 304 g/mol. The van der Waals surface area contributed by atoms with Gasteiger partial charge in [-0.2, -0.15) is 0 Å². The molecule has 1 aromatic rings. The number of hydrogen-bond donors (Lipinski definition) is 0. The second kappa shape index (κ2) is 7.43. The molecule has 2 saturated heterocycles. The van der Waals surface area contributed by atoms with Crippen molar-refractivity contribution in [1.82, 2.24) is 0 Å². The maximum absolute atomic E-state index is 11.8. The lowest BCUT2D eigenvalue weighted by atomic mass is 10.0. The third-order valence-corrected chi connectivity index (χ3v) is 3.71. The van der Waals surface area contributed by atoms with Crippen LogP contribution in [0.15, 0.2) is 24.3 Å². The normalized spacial score (nSPS) is 25.2. The highest BCUT2D eigenvalue weighted by Gasteiger charge is 2.44. The smallest absolute Gasteiger partial charge is 0.465 e. The van der Waals surface area contributed by atoms with Gasteiger partial charge in [0.1, 0.15) is 11.9 Å². The average Bonchev–Trinajstić information content (AvgIpc) is 3.12. The monoisotopic (exact) mass is 324 g/mol. The van der Waals surface area contributed by atoms with Gasteiger partial charge in [0, 0.05) is 0 Å². The second-order valence-electron chi connectivity index (χ2n) is 5.05. The molecule has 2 heterocycles. The molecule has 7 nitrogen and oxygen atoms in total. The maximum Gasteiger partial charge on any atom is 0.514 e. The van der Waals surface area contributed by atoms with Crippen molar-refractivity contribution >= 4 is 12.1 Å². The van der Waals surface area contributed by atoms with Gasteiger partial charge in [0.2, 0.25) is 0 Å². The number of rotatable bonds is 3. The Balaban J connectivity index is 0.00000192.